The molecule has 2 aliphatic rings. The summed E-state index contributed by atoms with van der Waals surface area (Å²) >= 11 is 0. The maximum absolute atomic E-state index is 15.1. The molecule has 1 unspecified atom stereocenters. The van der Waals surface area contributed by atoms with Crippen LogP contribution in [0.2, 0.25) is 0 Å². The third-order valence-corrected chi connectivity index (χ3v) is 8.57. The lowest BCUT2D eigenvalue weighted by atomic mass is 9.67. The number of hydrogen-bond donors (Lipinski definition) is 0. The zero-order valence-corrected chi connectivity index (χ0v) is 22.3. The Balaban J connectivity index is 1.69. The molecule has 0 spiro atoms. The highest BCUT2D eigenvalue weighted by Gasteiger charge is 2.32. The van der Waals surface area contributed by atoms with Crippen molar-refractivity contribution in [3.05, 3.63) is 41.2 Å². The first-order valence-corrected chi connectivity index (χ1v) is 14.8. The van der Waals surface area contributed by atoms with E-state index in [9.17, 15) is 0 Å². The number of hydrogen-bond acceptors (Lipinski definition) is 1. The van der Waals surface area contributed by atoms with E-state index in [-0.39, 0.29) is 5.82 Å². The predicted octanol–water partition coefficient (Wildman–Crippen LogP) is 10.7. The third-order valence-electron chi connectivity index (χ3n) is 8.57. The molecule has 3 rings (SSSR count). The molecular weight excluding hydrogens is 419 g/mol. The van der Waals surface area contributed by atoms with Crippen LogP contribution in [0.25, 0.3) is 0 Å². The van der Waals surface area contributed by atoms with Gasteiger partial charge in [-0.1, -0.05) is 82.9 Å². The standard InChI is InChI=1S/C32H51FO/c1-3-5-7-14-24-34-31-18-17-28(26-30(31)33)29(25-27-15-10-8-11-16-27)19-23-32(20-6-4-2)21-12-9-13-22-32/h15,17-18,26,29H,3-14,16,19-25H2,1-2H3. The van der Waals surface area contributed by atoms with Gasteiger partial charge in [-0.15, -0.1) is 0 Å². The van der Waals surface area contributed by atoms with Crippen molar-refractivity contribution in [3.63, 3.8) is 0 Å². The molecule has 0 radical (unpaired) electrons. The van der Waals surface area contributed by atoms with Crippen LogP contribution < -0.4 is 4.74 Å². The number of rotatable bonds is 15. The van der Waals surface area contributed by atoms with Gasteiger partial charge in [-0.3, -0.25) is 0 Å². The van der Waals surface area contributed by atoms with E-state index >= 15 is 4.39 Å². The number of ether oxygens (including phenoxy) is 1. The number of benzene rings is 1. The van der Waals surface area contributed by atoms with Crippen LogP contribution in [0, 0.1) is 11.2 Å². The van der Waals surface area contributed by atoms with Crippen LogP contribution in [-0.4, -0.2) is 6.61 Å². The molecule has 1 nitrogen and oxygen atoms in total. The van der Waals surface area contributed by atoms with Crippen LogP contribution in [0.1, 0.15) is 147 Å². The van der Waals surface area contributed by atoms with Gasteiger partial charge in [0.15, 0.2) is 11.6 Å². The Labute approximate surface area is 209 Å². The van der Waals surface area contributed by atoms with Crippen LogP contribution in [-0.2, 0) is 0 Å². The molecule has 2 heteroatoms. The number of allylic oxidation sites excluding steroid dienone is 2. The molecule has 1 aromatic carbocycles. The summed E-state index contributed by atoms with van der Waals surface area (Å²) in [5.41, 5.74) is 3.33. The molecule has 0 aromatic heterocycles. The molecule has 0 heterocycles. The first-order chi connectivity index (χ1) is 16.7. The van der Waals surface area contributed by atoms with Crippen molar-refractivity contribution in [1.82, 2.24) is 0 Å². The summed E-state index contributed by atoms with van der Waals surface area (Å²) in [6.45, 7) is 5.15. The lowest BCUT2D eigenvalue weighted by Crippen LogP contribution is -2.25. The first kappa shape index (κ1) is 27.3. The Kier molecular flexibility index (Phi) is 12.0. The van der Waals surface area contributed by atoms with Gasteiger partial charge in [-0.2, -0.15) is 0 Å². The van der Waals surface area contributed by atoms with E-state index in [1.165, 1.54) is 108 Å². The minimum atomic E-state index is -0.172. The summed E-state index contributed by atoms with van der Waals surface area (Å²) in [6, 6.07) is 5.87. The van der Waals surface area contributed by atoms with Gasteiger partial charge in [0.2, 0.25) is 0 Å². The minimum absolute atomic E-state index is 0.172. The predicted molar refractivity (Wildman–Crippen MR) is 144 cm³/mol. The molecule has 0 N–H and O–H groups in total. The van der Waals surface area contributed by atoms with Crippen LogP contribution in [0.3, 0.4) is 0 Å². The minimum Gasteiger partial charge on any atom is -0.491 e. The van der Waals surface area contributed by atoms with E-state index in [2.05, 4.69) is 26.0 Å². The van der Waals surface area contributed by atoms with Crippen molar-refractivity contribution in [1.29, 1.82) is 0 Å². The van der Waals surface area contributed by atoms with Gasteiger partial charge in [0, 0.05) is 0 Å². The second kappa shape index (κ2) is 14.9. The van der Waals surface area contributed by atoms with E-state index in [1.807, 2.05) is 6.07 Å². The van der Waals surface area contributed by atoms with Crippen molar-refractivity contribution >= 4 is 0 Å². The smallest absolute Gasteiger partial charge is 0.165 e. The largest absolute Gasteiger partial charge is 0.491 e. The summed E-state index contributed by atoms with van der Waals surface area (Å²) < 4.78 is 20.9. The topological polar surface area (TPSA) is 9.23 Å². The SMILES string of the molecule is CCCCCCOc1ccc(C(CCC2(CCCC)CCCCC2)CC2=CCCCC2)cc1F. The highest BCUT2D eigenvalue weighted by atomic mass is 19.1. The van der Waals surface area contributed by atoms with Crippen LogP contribution >= 0.6 is 0 Å². The van der Waals surface area contributed by atoms with Crippen LogP contribution in [0.15, 0.2) is 29.8 Å². The average Bonchev–Trinajstić information content (AvgIpc) is 2.87. The molecule has 1 aromatic rings. The fourth-order valence-electron chi connectivity index (χ4n) is 6.35. The molecule has 0 saturated heterocycles. The quantitative estimate of drug-likeness (QED) is 0.183. The zero-order valence-electron chi connectivity index (χ0n) is 22.3. The number of unbranched alkanes of at least 4 members (excludes halogenated alkanes) is 4. The van der Waals surface area contributed by atoms with Gasteiger partial charge < -0.3 is 4.74 Å². The summed E-state index contributed by atoms with van der Waals surface area (Å²) in [7, 11) is 0. The molecular formula is C32H51FO. The van der Waals surface area contributed by atoms with E-state index < -0.39 is 0 Å². The van der Waals surface area contributed by atoms with Gasteiger partial charge in [-0.05, 0) is 99.7 Å². The number of halogens is 1. The van der Waals surface area contributed by atoms with Gasteiger partial charge in [0.25, 0.3) is 0 Å². The molecule has 0 amide bonds. The van der Waals surface area contributed by atoms with Crippen LogP contribution in [0.4, 0.5) is 4.39 Å². The Morgan fingerprint density at radius 1 is 0.912 bits per heavy atom. The molecule has 0 aliphatic heterocycles. The van der Waals surface area contributed by atoms with E-state index in [0.717, 1.165) is 19.3 Å². The molecule has 1 fully saturated rings. The molecule has 2 aliphatic carbocycles. The highest BCUT2D eigenvalue weighted by Crippen LogP contribution is 2.47. The van der Waals surface area contributed by atoms with Crippen LogP contribution in [0.5, 0.6) is 5.75 Å². The van der Waals surface area contributed by atoms with E-state index in [0.29, 0.717) is 23.7 Å². The lowest BCUT2D eigenvalue weighted by Gasteiger charge is -2.39. The molecule has 0 bridgehead atoms. The molecule has 1 atom stereocenters. The molecule has 34 heavy (non-hydrogen) atoms. The Hall–Kier alpha value is -1.31. The zero-order chi connectivity index (χ0) is 24.1. The second-order valence-electron chi connectivity index (χ2n) is 11.3. The van der Waals surface area contributed by atoms with Crippen molar-refractivity contribution in [2.45, 2.75) is 142 Å². The van der Waals surface area contributed by atoms with Crippen molar-refractivity contribution in [2.75, 3.05) is 6.61 Å². The highest BCUT2D eigenvalue weighted by molar-refractivity contribution is 5.32. The maximum atomic E-state index is 15.1. The van der Waals surface area contributed by atoms with Crippen molar-refractivity contribution < 1.29 is 9.13 Å². The molecule has 192 valence electrons. The van der Waals surface area contributed by atoms with Crippen molar-refractivity contribution in [2.24, 2.45) is 5.41 Å². The van der Waals surface area contributed by atoms with Gasteiger partial charge in [-0.25, -0.2) is 4.39 Å². The van der Waals surface area contributed by atoms with Gasteiger partial charge >= 0.3 is 0 Å². The average molecular weight is 471 g/mol. The second-order valence-corrected chi connectivity index (χ2v) is 11.3. The lowest BCUT2D eigenvalue weighted by molar-refractivity contribution is 0.145. The van der Waals surface area contributed by atoms with E-state index in [4.69, 9.17) is 4.74 Å². The fraction of sp³-hybridized carbons (Fsp3) is 0.750. The first-order valence-electron chi connectivity index (χ1n) is 14.8. The Bertz CT molecular complexity index is 731. The summed E-state index contributed by atoms with van der Waals surface area (Å²) in [5.74, 6) is 0.689. The summed E-state index contributed by atoms with van der Waals surface area (Å²) in [5, 5.41) is 0. The molecule has 1 saturated carbocycles. The summed E-state index contributed by atoms with van der Waals surface area (Å²) in [6.07, 6.45) is 26.9. The van der Waals surface area contributed by atoms with Gasteiger partial charge in [0.05, 0.1) is 6.61 Å². The Morgan fingerprint density at radius 3 is 2.44 bits per heavy atom. The van der Waals surface area contributed by atoms with Crippen molar-refractivity contribution in [3.8, 4) is 5.75 Å². The normalized spacial score (nSPS) is 19.0. The van der Waals surface area contributed by atoms with E-state index in [1.54, 1.807) is 11.6 Å². The summed E-state index contributed by atoms with van der Waals surface area (Å²) in [4.78, 5) is 0. The third kappa shape index (κ3) is 8.72. The fourth-order valence-corrected chi connectivity index (χ4v) is 6.35. The Morgan fingerprint density at radius 2 is 1.74 bits per heavy atom. The monoisotopic (exact) mass is 470 g/mol. The maximum Gasteiger partial charge on any atom is 0.165 e. The van der Waals surface area contributed by atoms with Gasteiger partial charge in [0.1, 0.15) is 0 Å².